The minimum absolute atomic E-state index is 0.0136. The fraction of sp³-hybridized carbons (Fsp3) is 0.600. The molecule has 2 aromatic heterocycles. The standard InChI is InChI=1S/C15H21BrFN5O3S/c1-8(2)14-12(16)13(17)10-6-18-15(20-22(10)14)19-9-4-5-21(7-11(9)23)26(3,24)25/h6,8-9,11,23H,4-5,7H2,1-3H3,(H,19,20)/t9-,11-/m1/s1. The molecule has 3 rings (SSSR count). The fourth-order valence-electron chi connectivity index (χ4n) is 3.10. The molecule has 2 N–H and O–H groups in total. The Morgan fingerprint density at radius 2 is 2.15 bits per heavy atom. The molecule has 0 bridgehead atoms. The summed E-state index contributed by atoms with van der Waals surface area (Å²) in [5.41, 5.74) is 0.953. The first kappa shape index (κ1) is 19.5. The zero-order valence-electron chi connectivity index (χ0n) is 14.6. The predicted octanol–water partition coefficient (Wildman–Crippen LogP) is 1.56. The van der Waals surface area contributed by atoms with Gasteiger partial charge in [-0.1, -0.05) is 13.8 Å². The Morgan fingerprint density at radius 1 is 1.46 bits per heavy atom. The SMILES string of the molecule is CC(C)c1c(Br)c(F)c2cnc(N[C@@H]3CCN(S(C)(=O)=O)C[C@H]3O)nn12. The van der Waals surface area contributed by atoms with Crippen LogP contribution in [0, 0.1) is 5.82 Å². The molecule has 1 aliphatic heterocycles. The van der Waals surface area contributed by atoms with E-state index in [0.717, 1.165) is 6.26 Å². The van der Waals surface area contributed by atoms with Crippen molar-refractivity contribution in [1.29, 1.82) is 0 Å². The van der Waals surface area contributed by atoms with Crippen LogP contribution < -0.4 is 5.32 Å². The molecule has 1 fully saturated rings. The van der Waals surface area contributed by atoms with E-state index in [2.05, 4.69) is 31.3 Å². The minimum Gasteiger partial charge on any atom is -0.390 e. The van der Waals surface area contributed by atoms with Crippen LogP contribution in [0.2, 0.25) is 0 Å². The highest BCUT2D eigenvalue weighted by molar-refractivity contribution is 9.10. The summed E-state index contributed by atoms with van der Waals surface area (Å²) in [5.74, 6) is -0.131. The molecule has 144 valence electrons. The third kappa shape index (κ3) is 3.57. The number of β-amino-alcohol motifs (C(OH)–C–C–N with tert-alkyl or cyclic N) is 1. The van der Waals surface area contributed by atoms with Gasteiger partial charge in [0.2, 0.25) is 16.0 Å². The van der Waals surface area contributed by atoms with Crippen molar-refractivity contribution in [3.63, 3.8) is 0 Å². The lowest BCUT2D eigenvalue weighted by Crippen LogP contribution is -2.51. The molecule has 0 aromatic carbocycles. The summed E-state index contributed by atoms with van der Waals surface area (Å²) in [4.78, 5) is 4.13. The Bertz CT molecular complexity index is 933. The first-order chi connectivity index (χ1) is 12.1. The maximum absolute atomic E-state index is 14.3. The second-order valence-corrected chi connectivity index (χ2v) is 9.55. The highest BCUT2D eigenvalue weighted by Crippen LogP contribution is 2.31. The molecule has 0 spiro atoms. The van der Waals surface area contributed by atoms with E-state index in [1.807, 2.05) is 13.8 Å². The van der Waals surface area contributed by atoms with Crippen molar-refractivity contribution in [2.75, 3.05) is 24.7 Å². The van der Waals surface area contributed by atoms with E-state index in [1.54, 1.807) is 0 Å². The van der Waals surface area contributed by atoms with Gasteiger partial charge in [-0.05, 0) is 28.3 Å². The lowest BCUT2D eigenvalue weighted by molar-refractivity contribution is 0.0950. The van der Waals surface area contributed by atoms with Gasteiger partial charge in [0.25, 0.3) is 0 Å². The number of sulfonamides is 1. The second-order valence-electron chi connectivity index (χ2n) is 6.77. The van der Waals surface area contributed by atoms with Crippen molar-refractivity contribution in [3.05, 3.63) is 22.2 Å². The summed E-state index contributed by atoms with van der Waals surface area (Å²) in [7, 11) is -3.34. The van der Waals surface area contributed by atoms with Crippen LogP contribution in [0.1, 0.15) is 31.9 Å². The highest BCUT2D eigenvalue weighted by Gasteiger charge is 2.32. The highest BCUT2D eigenvalue weighted by atomic mass is 79.9. The number of aliphatic hydroxyl groups excluding tert-OH is 1. The quantitative estimate of drug-likeness (QED) is 0.734. The molecule has 1 aliphatic rings. The Balaban J connectivity index is 1.85. The molecule has 0 radical (unpaired) electrons. The van der Waals surface area contributed by atoms with E-state index in [-0.39, 0.29) is 23.9 Å². The van der Waals surface area contributed by atoms with Crippen LogP contribution in [0.25, 0.3) is 5.52 Å². The molecule has 2 atom stereocenters. The molecule has 0 amide bonds. The van der Waals surface area contributed by atoms with Crippen molar-refractivity contribution in [2.45, 2.75) is 38.3 Å². The summed E-state index contributed by atoms with van der Waals surface area (Å²) in [6, 6.07) is -0.392. The van der Waals surface area contributed by atoms with E-state index < -0.39 is 28.0 Å². The third-order valence-electron chi connectivity index (χ3n) is 4.48. The van der Waals surface area contributed by atoms with Gasteiger partial charge in [-0.3, -0.25) is 0 Å². The molecule has 2 aromatic rings. The maximum atomic E-state index is 14.3. The van der Waals surface area contributed by atoms with Crippen LogP contribution in [0.4, 0.5) is 10.3 Å². The van der Waals surface area contributed by atoms with E-state index in [1.165, 1.54) is 15.0 Å². The van der Waals surface area contributed by atoms with Crippen LogP contribution >= 0.6 is 15.9 Å². The average Bonchev–Trinajstić information content (AvgIpc) is 2.79. The number of rotatable bonds is 4. The smallest absolute Gasteiger partial charge is 0.241 e. The molecule has 1 saturated heterocycles. The van der Waals surface area contributed by atoms with Gasteiger partial charge in [0.05, 0.1) is 34.8 Å². The van der Waals surface area contributed by atoms with E-state index >= 15 is 0 Å². The van der Waals surface area contributed by atoms with E-state index in [4.69, 9.17) is 0 Å². The van der Waals surface area contributed by atoms with Crippen molar-refractivity contribution in [3.8, 4) is 0 Å². The maximum Gasteiger partial charge on any atom is 0.241 e. The number of aliphatic hydroxyl groups is 1. The molecule has 11 heteroatoms. The summed E-state index contributed by atoms with van der Waals surface area (Å²) in [5, 5.41) is 17.7. The topological polar surface area (TPSA) is 99.8 Å². The van der Waals surface area contributed by atoms with E-state index in [0.29, 0.717) is 23.1 Å². The Labute approximate surface area is 159 Å². The van der Waals surface area contributed by atoms with Gasteiger partial charge >= 0.3 is 0 Å². The number of nitrogens with zero attached hydrogens (tertiary/aromatic N) is 4. The monoisotopic (exact) mass is 449 g/mol. The van der Waals surface area contributed by atoms with Crippen LogP contribution in [-0.4, -0.2) is 63.9 Å². The number of halogens is 2. The van der Waals surface area contributed by atoms with Crippen LogP contribution in [0.15, 0.2) is 10.7 Å². The minimum atomic E-state index is -3.34. The number of nitrogens with one attached hydrogen (secondary N) is 1. The van der Waals surface area contributed by atoms with Gasteiger partial charge < -0.3 is 10.4 Å². The molecular formula is C15H21BrFN5O3S. The summed E-state index contributed by atoms with van der Waals surface area (Å²) < 4.78 is 40.6. The average molecular weight is 450 g/mol. The predicted molar refractivity (Wildman–Crippen MR) is 99.2 cm³/mol. The van der Waals surface area contributed by atoms with Crippen molar-refractivity contribution in [2.24, 2.45) is 0 Å². The van der Waals surface area contributed by atoms with Crippen LogP contribution in [0.3, 0.4) is 0 Å². The van der Waals surface area contributed by atoms with Crippen molar-refractivity contribution >= 4 is 37.4 Å². The first-order valence-corrected chi connectivity index (χ1v) is 10.9. The lowest BCUT2D eigenvalue weighted by atomic mass is 10.0. The van der Waals surface area contributed by atoms with Crippen molar-refractivity contribution in [1.82, 2.24) is 18.9 Å². The zero-order valence-corrected chi connectivity index (χ0v) is 17.0. The second kappa shape index (κ2) is 7.02. The number of aromatic nitrogens is 3. The Hall–Kier alpha value is -1.30. The van der Waals surface area contributed by atoms with Gasteiger partial charge in [0, 0.05) is 13.1 Å². The summed E-state index contributed by atoms with van der Waals surface area (Å²) in [6.45, 7) is 4.19. The zero-order chi connectivity index (χ0) is 19.2. The molecule has 8 nitrogen and oxygen atoms in total. The molecule has 3 heterocycles. The van der Waals surface area contributed by atoms with Gasteiger partial charge in [-0.25, -0.2) is 22.3 Å². The molecular weight excluding hydrogens is 429 g/mol. The van der Waals surface area contributed by atoms with Crippen molar-refractivity contribution < 1.29 is 17.9 Å². The number of anilines is 1. The lowest BCUT2D eigenvalue weighted by Gasteiger charge is -2.34. The number of hydrogen-bond acceptors (Lipinski definition) is 6. The van der Waals surface area contributed by atoms with Crippen LogP contribution in [0.5, 0.6) is 0 Å². The summed E-state index contributed by atoms with van der Waals surface area (Å²) in [6.07, 6.45) is 2.03. The van der Waals surface area contributed by atoms with Gasteiger partial charge in [0.15, 0.2) is 5.82 Å². The number of fused-ring (bicyclic) bond motifs is 1. The molecule has 0 saturated carbocycles. The molecule has 0 aliphatic carbocycles. The number of piperidine rings is 1. The largest absolute Gasteiger partial charge is 0.390 e. The molecule has 0 unspecified atom stereocenters. The van der Waals surface area contributed by atoms with Gasteiger partial charge in [0.1, 0.15) is 5.52 Å². The first-order valence-electron chi connectivity index (χ1n) is 8.22. The number of hydrogen-bond donors (Lipinski definition) is 2. The van der Waals surface area contributed by atoms with E-state index in [9.17, 15) is 17.9 Å². The Kier molecular flexibility index (Phi) is 5.26. The fourth-order valence-corrected chi connectivity index (χ4v) is 4.79. The van der Waals surface area contributed by atoms with Gasteiger partial charge in [-0.2, -0.15) is 4.31 Å². The summed E-state index contributed by atoms with van der Waals surface area (Å²) >= 11 is 3.27. The third-order valence-corrected chi connectivity index (χ3v) is 6.50. The van der Waals surface area contributed by atoms with Gasteiger partial charge in [-0.15, -0.1) is 5.10 Å². The Morgan fingerprint density at radius 3 is 2.73 bits per heavy atom. The van der Waals surface area contributed by atoms with Crippen LogP contribution in [-0.2, 0) is 10.0 Å². The normalized spacial score (nSPS) is 22.3. The molecule has 26 heavy (non-hydrogen) atoms.